The maximum atomic E-state index is 12.6. The second-order valence-electron chi connectivity index (χ2n) is 10.5. The summed E-state index contributed by atoms with van der Waals surface area (Å²) in [5.74, 6) is 0.533. The average molecular weight is 525 g/mol. The van der Waals surface area contributed by atoms with E-state index in [1.165, 1.54) is 0 Å². The molecule has 0 unspecified atom stereocenters. The highest BCUT2D eigenvalue weighted by Crippen LogP contribution is 2.36. The minimum atomic E-state index is -0.541. The van der Waals surface area contributed by atoms with Gasteiger partial charge in [0.15, 0.2) is 0 Å². The van der Waals surface area contributed by atoms with Gasteiger partial charge < -0.3 is 24.0 Å². The Labute approximate surface area is 222 Å². The van der Waals surface area contributed by atoms with E-state index >= 15 is 0 Å². The van der Waals surface area contributed by atoms with Crippen LogP contribution >= 0.6 is 11.6 Å². The van der Waals surface area contributed by atoms with Crippen LogP contribution in [-0.4, -0.2) is 59.4 Å². The molecule has 2 aliphatic heterocycles. The van der Waals surface area contributed by atoms with Crippen molar-refractivity contribution in [3.8, 4) is 11.9 Å². The molecule has 1 atom stereocenters. The molecule has 0 spiro atoms. The summed E-state index contributed by atoms with van der Waals surface area (Å²) in [5.41, 5.74) is 2.40. The molecule has 1 amide bonds. The largest absolute Gasteiger partial charge is 0.481 e. The molecule has 9 heteroatoms. The van der Waals surface area contributed by atoms with E-state index in [4.69, 9.17) is 30.8 Å². The minimum Gasteiger partial charge on any atom is -0.481 e. The summed E-state index contributed by atoms with van der Waals surface area (Å²) in [6.45, 7) is 7.94. The summed E-state index contributed by atoms with van der Waals surface area (Å²) in [6, 6.07) is 12.4. The highest BCUT2D eigenvalue weighted by molar-refractivity contribution is 6.36. The van der Waals surface area contributed by atoms with Gasteiger partial charge in [0, 0.05) is 29.7 Å². The third-order valence-corrected chi connectivity index (χ3v) is 7.10. The molecule has 3 heterocycles. The van der Waals surface area contributed by atoms with E-state index in [0.717, 1.165) is 58.5 Å². The number of ether oxygens (including phenoxy) is 3. The first-order chi connectivity index (χ1) is 17.7. The number of likely N-dealkylation sites (tertiary alicyclic amines) is 1. The number of fused-ring (bicyclic) bond motifs is 2. The zero-order valence-corrected chi connectivity index (χ0v) is 22.5. The number of hydrogen-bond donors (Lipinski definition) is 0. The second-order valence-corrected chi connectivity index (χ2v) is 10.9. The third kappa shape index (κ3) is 5.39. The van der Waals surface area contributed by atoms with Crippen LogP contribution < -0.4 is 14.4 Å². The molecule has 0 bridgehead atoms. The van der Waals surface area contributed by atoms with Crippen LogP contribution in [0.5, 0.6) is 11.9 Å². The molecule has 5 rings (SSSR count). The first kappa shape index (κ1) is 25.4. The van der Waals surface area contributed by atoms with Crippen LogP contribution in [0.1, 0.15) is 44.9 Å². The Morgan fingerprint density at radius 3 is 2.68 bits per heavy atom. The lowest BCUT2D eigenvalue weighted by atomic mass is 10.0. The Hall–Kier alpha value is -3.26. The molecule has 0 saturated carbocycles. The summed E-state index contributed by atoms with van der Waals surface area (Å²) in [4.78, 5) is 26.0. The van der Waals surface area contributed by atoms with Gasteiger partial charge in [-0.15, -0.1) is 0 Å². The van der Waals surface area contributed by atoms with Crippen molar-refractivity contribution in [2.45, 2.75) is 58.2 Å². The molecule has 2 aromatic carbocycles. The van der Waals surface area contributed by atoms with Gasteiger partial charge in [0.1, 0.15) is 12.2 Å². The number of methoxy groups -OCH3 is 1. The van der Waals surface area contributed by atoms with Crippen LogP contribution in [-0.2, 0) is 17.7 Å². The van der Waals surface area contributed by atoms with Crippen molar-refractivity contribution in [1.82, 2.24) is 14.9 Å². The SMILES string of the molecule is COc1nc(OC[C@@H]2CCCN2C(=O)OC(C)(C)C)nc2c1CCN(c1cccc3cccc(Cl)c13)C2. The van der Waals surface area contributed by atoms with E-state index in [9.17, 15) is 4.79 Å². The molecule has 1 saturated heterocycles. The van der Waals surface area contributed by atoms with Crippen LogP contribution in [0.4, 0.5) is 10.5 Å². The van der Waals surface area contributed by atoms with E-state index in [2.05, 4.69) is 34.1 Å². The summed E-state index contributed by atoms with van der Waals surface area (Å²) in [5, 5.41) is 2.87. The number of carbonyl (C=O) groups is 1. The van der Waals surface area contributed by atoms with E-state index in [-0.39, 0.29) is 18.1 Å². The normalized spacial score (nSPS) is 17.6. The predicted molar refractivity (Wildman–Crippen MR) is 144 cm³/mol. The van der Waals surface area contributed by atoms with Gasteiger partial charge >= 0.3 is 12.1 Å². The number of rotatable bonds is 5. The van der Waals surface area contributed by atoms with Gasteiger partial charge in [-0.2, -0.15) is 9.97 Å². The Bertz CT molecular complexity index is 1300. The van der Waals surface area contributed by atoms with E-state index in [0.29, 0.717) is 25.6 Å². The van der Waals surface area contributed by atoms with Crippen molar-refractivity contribution in [3.63, 3.8) is 0 Å². The minimum absolute atomic E-state index is 0.0881. The van der Waals surface area contributed by atoms with Crippen molar-refractivity contribution < 1.29 is 19.0 Å². The molecule has 2 aliphatic rings. The molecule has 1 fully saturated rings. The smallest absolute Gasteiger partial charge is 0.410 e. The standard InChI is InChI=1S/C28H33ClN4O4/c1-28(2,3)37-27(34)33-14-7-10-19(33)17-36-26-30-22-16-32(15-13-20(22)25(31-26)35-4)23-12-6-9-18-8-5-11-21(29)24(18)23/h5-6,8-9,11-12,19H,7,10,13-17H2,1-4H3/t19-/m0/s1. The van der Waals surface area contributed by atoms with Crippen LogP contribution in [0.15, 0.2) is 36.4 Å². The van der Waals surface area contributed by atoms with E-state index < -0.39 is 5.60 Å². The highest BCUT2D eigenvalue weighted by Gasteiger charge is 2.33. The fourth-order valence-electron chi connectivity index (χ4n) is 5.09. The van der Waals surface area contributed by atoms with Crippen LogP contribution in [0.25, 0.3) is 10.8 Å². The first-order valence-electron chi connectivity index (χ1n) is 12.7. The summed E-state index contributed by atoms with van der Waals surface area (Å²) >= 11 is 6.60. The quantitative estimate of drug-likeness (QED) is 0.428. The second kappa shape index (κ2) is 10.2. The predicted octanol–water partition coefficient (Wildman–Crippen LogP) is 5.63. The van der Waals surface area contributed by atoms with Gasteiger partial charge in [-0.05, 0) is 57.6 Å². The van der Waals surface area contributed by atoms with E-state index in [1.54, 1.807) is 12.0 Å². The Morgan fingerprint density at radius 2 is 1.92 bits per heavy atom. The molecule has 37 heavy (non-hydrogen) atoms. The fraction of sp³-hybridized carbons (Fsp3) is 0.464. The van der Waals surface area contributed by atoms with E-state index in [1.807, 2.05) is 32.9 Å². The molecule has 3 aromatic rings. The highest BCUT2D eigenvalue weighted by atomic mass is 35.5. The topological polar surface area (TPSA) is 77.0 Å². The monoisotopic (exact) mass is 524 g/mol. The number of nitrogens with zero attached hydrogens (tertiary/aromatic N) is 4. The van der Waals surface area contributed by atoms with Crippen LogP contribution in [0.3, 0.4) is 0 Å². The van der Waals surface area contributed by atoms with Gasteiger partial charge in [-0.25, -0.2) is 4.79 Å². The lowest BCUT2D eigenvalue weighted by Crippen LogP contribution is -2.42. The molecule has 8 nitrogen and oxygen atoms in total. The van der Waals surface area contributed by atoms with Crippen molar-refractivity contribution >= 4 is 34.2 Å². The Kier molecular flexibility index (Phi) is 7.03. The number of halogens is 1. The number of benzene rings is 2. The van der Waals surface area contributed by atoms with Crippen LogP contribution in [0.2, 0.25) is 5.02 Å². The first-order valence-corrected chi connectivity index (χ1v) is 13.1. The lowest BCUT2D eigenvalue weighted by Gasteiger charge is -2.32. The third-order valence-electron chi connectivity index (χ3n) is 6.78. The zero-order valence-electron chi connectivity index (χ0n) is 21.8. The lowest BCUT2D eigenvalue weighted by molar-refractivity contribution is 0.0183. The van der Waals surface area contributed by atoms with Gasteiger partial charge in [0.2, 0.25) is 5.88 Å². The van der Waals surface area contributed by atoms with Gasteiger partial charge in [-0.3, -0.25) is 0 Å². The van der Waals surface area contributed by atoms with Crippen molar-refractivity contribution in [1.29, 1.82) is 0 Å². The molecular weight excluding hydrogens is 492 g/mol. The molecule has 0 N–H and O–H groups in total. The van der Waals surface area contributed by atoms with Gasteiger partial charge in [0.25, 0.3) is 0 Å². The molecule has 196 valence electrons. The number of anilines is 1. The van der Waals surface area contributed by atoms with Gasteiger partial charge in [-0.1, -0.05) is 35.9 Å². The number of amides is 1. The molecule has 0 radical (unpaired) electrons. The van der Waals surface area contributed by atoms with Gasteiger partial charge in [0.05, 0.1) is 30.4 Å². The number of carbonyl (C=O) groups excluding carboxylic acids is 1. The van der Waals surface area contributed by atoms with Crippen molar-refractivity contribution in [3.05, 3.63) is 52.7 Å². The number of hydrogen-bond acceptors (Lipinski definition) is 7. The Morgan fingerprint density at radius 1 is 1.14 bits per heavy atom. The fourth-order valence-corrected chi connectivity index (χ4v) is 5.37. The summed E-state index contributed by atoms with van der Waals surface area (Å²) < 4.78 is 17.2. The van der Waals surface area contributed by atoms with Crippen molar-refractivity contribution in [2.24, 2.45) is 0 Å². The van der Waals surface area contributed by atoms with Crippen molar-refractivity contribution in [2.75, 3.05) is 31.7 Å². The number of aromatic nitrogens is 2. The molecule has 0 aliphatic carbocycles. The molecule has 1 aromatic heterocycles. The molecular formula is C28H33ClN4O4. The average Bonchev–Trinajstić information content (AvgIpc) is 3.34. The summed E-state index contributed by atoms with van der Waals surface area (Å²) in [7, 11) is 1.62. The van der Waals surface area contributed by atoms with Crippen LogP contribution in [0, 0.1) is 0 Å². The maximum Gasteiger partial charge on any atom is 0.410 e. The zero-order chi connectivity index (χ0) is 26.2. The summed E-state index contributed by atoms with van der Waals surface area (Å²) in [6.07, 6.45) is 2.18. The maximum absolute atomic E-state index is 12.6. The Balaban J connectivity index is 1.35.